The highest BCUT2D eigenvalue weighted by atomic mass is 79.9. The van der Waals surface area contributed by atoms with Gasteiger partial charge in [-0.3, -0.25) is 0 Å². The van der Waals surface area contributed by atoms with Gasteiger partial charge in [0.1, 0.15) is 5.75 Å². The second-order valence-electron chi connectivity index (χ2n) is 4.59. The molecule has 0 aromatic heterocycles. The molecule has 2 rings (SSSR count). The Bertz CT molecular complexity index is 731. The van der Waals surface area contributed by atoms with Crippen LogP contribution in [-0.2, 0) is 9.84 Å². The van der Waals surface area contributed by atoms with Crippen LogP contribution in [0.3, 0.4) is 0 Å². The van der Waals surface area contributed by atoms with E-state index in [9.17, 15) is 8.42 Å². The fourth-order valence-corrected chi connectivity index (χ4v) is 4.04. The number of hydrogen-bond donors (Lipinski definition) is 1. The van der Waals surface area contributed by atoms with Gasteiger partial charge in [0.2, 0.25) is 0 Å². The summed E-state index contributed by atoms with van der Waals surface area (Å²) < 4.78 is 30.8. The molecule has 1 atom stereocenters. The van der Waals surface area contributed by atoms with Gasteiger partial charge in [-0.2, -0.15) is 0 Å². The number of benzene rings is 2. The summed E-state index contributed by atoms with van der Waals surface area (Å²) in [6, 6.07) is 13.1. The Morgan fingerprint density at radius 3 is 2.57 bits per heavy atom. The molecule has 0 saturated heterocycles. The topological polar surface area (TPSA) is 69.4 Å². The SMILES string of the molecule is COc1ccccc1C(N)CS(=O)(=O)c1cccc(Br)c1. The molecule has 6 heteroatoms. The maximum atomic E-state index is 12.4. The second kappa shape index (κ2) is 6.60. The van der Waals surface area contributed by atoms with E-state index < -0.39 is 15.9 Å². The van der Waals surface area contributed by atoms with Gasteiger partial charge in [0.25, 0.3) is 0 Å². The van der Waals surface area contributed by atoms with E-state index in [0.29, 0.717) is 11.3 Å². The van der Waals surface area contributed by atoms with Gasteiger partial charge < -0.3 is 10.5 Å². The summed E-state index contributed by atoms with van der Waals surface area (Å²) in [5.41, 5.74) is 6.74. The Hall–Kier alpha value is -1.37. The maximum Gasteiger partial charge on any atom is 0.180 e. The normalized spacial score (nSPS) is 12.9. The van der Waals surface area contributed by atoms with Crippen molar-refractivity contribution in [1.82, 2.24) is 0 Å². The summed E-state index contributed by atoms with van der Waals surface area (Å²) in [6.07, 6.45) is 0. The molecule has 2 aromatic carbocycles. The first-order valence-corrected chi connectivity index (χ1v) is 8.75. The molecule has 21 heavy (non-hydrogen) atoms. The number of sulfone groups is 1. The summed E-state index contributed by atoms with van der Waals surface area (Å²) in [5, 5.41) is 0. The van der Waals surface area contributed by atoms with Crippen molar-refractivity contribution >= 4 is 25.8 Å². The van der Waals surface area contributed by atoms with Crippen LogP contribution in [0.25, 0.3) is 0 Å². The van der Waals surface area contributed by atoms with Crippen LogP contribution in [0.5, 0.6) is 5.75 Å². The molecule has 0 radical (unpaired) electrons. The van der Waals surface area contributed by atoms with Crippen molar-refractivity contribution in [2.24, 2.45) is 5.73 Å². The molecule has 0 heterocycles. The van der Waals surface area contributed by atoms with E-state index in [4.69, 9.17) is 10.5 Å². The predicted molar refractivity (Wildman–Crippen MR) is 86.1 cm³/mol. The fraction of sp³-hybridized carbons (Fsp3) is 0.200. The predicted octanol–water partition coefficient (Wildman–Crippen LogP) is 2.93. The molecule has 112 valence electrons. The van der Waals surface area contributed by atoms with Crippen molar-refractivity contribution in [1.29, 1.82) is 0 Å². The summed E-state index contributed by atoms with van der Waals surface area (Å²) in [6.45, 7) is 0. The maximum absolute atomic E-state index is 12.4. The highest BCUT2D eigenvalue weighted by Crippen LogP contribution is 2.26. The summed E-state index contributed by atoms with van der Waals surface area (Å²) in [4.78, 5) is 0.252. The monoisotopic (exact) mass is 369 g/mol. The highest BCUT2D eigenvalue weighted by molar-refractivity contribution is 9.10. The number of methoxy groups -OCH3 is 1. The quantitative estimate of drug-likeness (QED) is 0.879. The van der Waals surface area contributed by atoms with Gasteiger partial charge in [-0.15, -0.1) is 0 Å². The van der Waals surface area contributed by atoms with Crippen molar-refractivity contribution in [3.05, 3.63) is 58.6 Å². The molecular formula is C15H16BrNO3S. The van der Waals surface area contributed by atoms with Crippen LogP contribution in [-0.4, -0.2) is 21.3 Å². The van der Waals surface area contributed by atoms with E-state index in [1.807, 2.05) is 12.1 Å². The smallest absolute Gasteiger partial charge is 0.180 e. The van der Waals surface area contributed by atoms with Crippen molar-refractivity contribution in [3.8, 4) is 5.75 Å². The minimum atomic E-state index is -3.47. The summed E-state index contributed by atoms with van der Waals surface area (Å²) in [7, 11) is -1.93. The lowest BCUT2D eigenvalue weighted by atomic mass is 10.1. The van der Waals surface area contributed by atoms with E-state index in [1.165, 1.54) is 7.11 Å². The number of hydrogen-bond acceptors (Lipinski definition) is 4. The van der Waals surface area contributed by atoms with E-state index >= 15 is 0 Å². The number of para-hydroxylation sites is 1. The molecule has 0 amide bonds. The molecule has 0 fully saturated rings. The van der Waals surface area contributed by atoms with E-state index in [2.05, 4.69) is 15.9 Å². The third-order valence-electron chi connectivity index (χ3n) is 3.09. The summed E-state index contributed by atoms with van der Waals surface area (Å²) >= 11 is 3.27. The lowest BCUT2D eigenvalue weighted by molar-refractivity contribution is 0.407. The van der Waals surface area contributed by atoms with E-state index in [1.54, 1.807) is 36.4 Å². The Kier molecular flexibility index (Phi) is 5.03. The number of ether oxygens (including phenoxy) is 1. The highest BCUT2D eigenvalue weighted by Gasteiger charge is 2.22. The zero-order valence-corrected chi connectivity index (χ0v) is 13.9. The molecule has 0 aliphatic carbocycles. The van der Waals surface area contributed by atoms with Crippen molar-refractivity contribution in [2.45, 2.75) is 10.9 Å². The van der Waals surface area contributed by atoms with Gasteiger partial charge >= 0.3 is 0 Å². The largest absolute Gasteiger partial charge is 0.496 e. The molecule has 2 aromatic rings. The third-order valence-corrected chi connectivity index (χ3v) is 5.36. The molecule has 0 aliphatic rings. The number of nitrogens with two attached hydrogens (primary N) is 1. The average molecular weight is 370 g/mol. The first-order valence-electron chi connectivity index (χ1n) is 6.31. The van der Waals surface area contributed by atoms with E-state index in [0.717, 1.165) is 4.47 Å². The van der Waals surface area contributed by atoms with Crippen LogP contribution < -0.4 is 10.5 Å². The fourth-order valence-electron chi connectivity index (χ4n) is 2.06. The first-order chi connectivity index (χ1) is 9.94. The standard InChI is InChI=1S/C15H16BrNO3S/c1-20-15-8-3-2-7-13(15)14(17)10-21(18,19)12-6-4-5-11(16)9-12/h2-9,14H,10,17H2,1H3. The van der Waals surface area contributed by atoms with Gasteiger partial charge in [0.15, 0.2) is 9.84 Å². The number of rotatable bonds is 5. The zero-order valence-electron chi connectivity index (χ0n) is 11.5. The molecule has 4 nitrogen and oxygen atoms in total. The molecule has 2 N–H and O–H groups in total. The minimum Gasteiger partial charge on any atom is -0.496 e. The van der Waals surface area contributed by atoms with Gasteiger partial charge in [-0.25, -0.2) is 8.42 Å². The van der Waals surface area contributed by atoms with Gasteiger partial charge in [0, 0.05) is 16.1 Å². The molecule has 0 aliphatic heterocycles. The Labute approximate surface area is 133 Å². The lowest BCUT2D eigenvalue weighted by Gasteiger charge is -2.16. The zero-order chi connectivity index (χ0) is 15.5. The molecule has 0 bridgehead atoms. The van der Waals surface area contributed by atoms with E-state index in [-0.39, 0.29) is 10.6 Å². The van der Waals surface area contributed by atoms with Gasteiger partial charge in [-0.1, -0.05) is 40.2 Å². The molecule has 0 spiro atoms. The van der Waals surface area contributed by atoms with Gasteiger partial charge in [-0.05, 0) is 24.3 Å². The van der Waals surface area contributed by atoms with Crippen molar-refractivity contribution < 1.29 is 13.2 Å². The van der Waals surface area contributed by atoms with Crippen molar-refractivity contribution in [2.75, 3.05) is 12.9 Å². The van der Waals surface area contributed by atoms with Crippen LogP contribution in [0.4, 0.5) is 0 Å². The number of halogens is 1. The third kappa shape index (κ3) is 3.84. The van der Waals surface area contributed by atoms with Crippen LogP contribution in [0.15, 0.2) is 57.9 Å². The summed E-state index contributed by atoms with van der Waals surface area (Å²) in [5.74, 6) is 0.415. The van der Waals surface area contributed by atoms with Crippen LogP contribution in [0.1, 0.15) is 11.6 Å². The first kappa shape index (κ1) is 16.0. The molecule has 1 unspecified atom stereocenters. The Balaban J connectivity index is 2.28. The minimum absolute atomic E-state index is 0.177. The van der Waals surface area contributed by atoms with Crippen LogP contribution in [0.2, 0.25) is 0 Å². The van der Waals surface area contributed by atoms with Crippen LogP contribution >= 0.6 is 15.9 Å². The lowest BCUT2D eigenvalue weighted by Crippen LogP contribution is -2.22. The van der Waals surface area contributed by atoms with Crippen LogP contribution in [0, 0.1) is 0 Å². The molecule has 0 saturated carbocycles. The second-order valence-corrected chi connectivity index (χ2v) is 7.54. The molecular weight excluding hydrogens is 354 g/mol. The van der Waals surface area contributed by atoms with Crippen molar-refractivity contribution in [3.63, 3.8) is 0 Å². The Morgan fingerprint density at radius 2 is 1.90 bits per heavy atom. The van der Waals surface area contributed by atoms with Gasteiger partial charge in [0.05, 0.1) is 17.8 Å². The average Bonchev–Trinajstić information content (AvgIpc) is 2.46. The Morgan fingerprint density at radius 1 is 1.19 bits per heavy atom.